The summed E-state index contributed by atoms with van der Waals surface area (Å²) in [5, 5.41) is 0. The number of nitrogens with zero attached hydrogens (tertiary/aromatic N) is 2. The zero-order chi connectivity index (χ0) is 19.6. The van der Waals surface area contributed by atoms with Gasteiger partial charge in [-0.1, -0.05) is 33.8 Å². The Hall–Kier alpha value is -2.04. The first kappa shape index (κ1) is 22.0. The van der Waals surface area contributed by atoms with Crippen LogP contribution >= 0.6 is 0 Å². The molecule has 0 atom stereocenters. The lowest BCUT2D eigenvalue weighted by Crippen LogP contribution is -2.45. The molecule has 0 aromatic carbocycles. The van der Waals surface area contributed by atoms with Gasteiger partial charge in [0, 0.05) is 30.8 Å². The summed E-state index contributed by atoms with van der Waals surface area (Å²) in [6.45, 7) is 7.85. The van der Waals surface area contributed by atoms with E-state index in [1.165, 1.54) is 4.90 Å². The number of carbonyl (C=O) groups excluding carboxylic acids is 3. The first-order chi connectivity index (χ1) is 12.3. The van der Waals surface area contributed by atoms with Crippen molar-refractivity contribution in [3.05, 3.63) is 30.1 Å². The highest BCUT2D eigenvalue weighted by Gasteiger charge is 2.34. The van der Waals surface area contributed by atoms with Crippen molar-refractivity contribution in [1.29, 1.82) is 0 Å². The molecule has 5 nitrogen and oxygen atoms in total. The van der Waals surface area contributed by atoms with Crippen molar-refractivity contribution in [2.45, 2.75) is 66.2 Å². The van der Waals surface area contributed by atoms with Crippen molar-refractivity contribution in [1.82, 2.24) is 9.88 Å². The lowest BCUT2D eigenvalue weighted by atomic mass is 9.84. The van der Waals surface area contributed by atoms with E-state index in [9.17, 15) is 14.4 Å². The molecule has 0 aliphatic rings. The van der Waals surface area contributed by atoms with E-state index in [4.69, 9.17) is 0 Å². The molecule has 1 rings (SSSR count). The number of hydrogen-bond donors (Lipinski definition) is 0. The third-order valence-electron chi connectivity index (χ3n) is 4.73. The van der Waals surface area contributed by atoms with Crippen LogP contribution < -0.4 is 0 Å². The molecule has 0 radical (unpaired) electrons. The molecule has 0 aliphatic heterocycles. The standard InChI is InChI=1S/C21H32N2O3/c1-5-14-23(20(26)19(25)21(3,4)6-2)16-18(24)12-8-7-10-17-11-9-13-22-15-17/h9,11,13,15H,5-8,10,12,14,16H2,1-4H3. The summed E-state index contributed by atoms with van der Waals surface area (Å²) in [5.41, 5.74) is 0.477. The van der Waals surface area contributed by atoms with E-state index < -0.39 is 17.1 Å². The maximum Gasteiger partial charge on any atom is 0.290 e. The molecule has 0 N–H and O–H groups in total. The first-order valence-electron chi connectivity index (χ1n) is 9.56. The molecule has 1 aromatic heterocycles. The number of hydrogen-bond acceptors (Lipinski definition) is 4. The number of pyridine rings is 1. The van der Waals surface area contributed by atoms with Crippen LogP contribution in [0.4, 0.5) is 0 Å². The van der Waals surface area contributed by atoms with Gasteiger partial charge in [-0.05, 0) is 43.7 Å². The van der Waals surface area contributed by atoms with Gasteiger partial charge >= 0.3 is 0 Å². The maximum absolute atomic E-state index is 12.5. The van der Waals surface area contributed by atoms with E-state index >= 15 is 0 Å². The Balaban J connectivity index is 2.49. The van der Waals surface area contributed by atoms with E-state index in [-0.39, 0.29) is 12.3 Å². The van der Waals surface area contributed by atoms with Crippen LogP contribution in [0.1, 0.15) is 65.4 Å². The van der Waals surface area contributed by atoms with Crippen molar-refractivity contribution in [3.63, 3.8) is 0 Å². The topological polar surface area (TPSA) is 67.3 Å². The van der Waals surface area contributed by atoms with Crippen molar-refractivity contribution < 1.29 is 14.4 Å². The molecule has 5 heteroatoms. The number of unbranched alkanes of at least 4 members (excludes halogenated alkanes) is 1. The van der Waals surface area contributed by atoms with Crippen molar-refractivity contribution >= 4 is 17.5 Å². The van der Waals surface area contributed by atoms with E-state index in [1.54, 1.807) is 20.0 Å². The van der Waals surface area contributed by atoms with E-state index in [2.05, 4.69) is 4.98 Å². The summed E-state index contributed by atoms with van der Waals surface area (Å²) in [6, 6.07) is 3.93. The Morgan fingerprint density at radius 3 is 2.46 bits per heavy atom. The molecular weight excluding hydrogens is 328 g/mol. The normalized spacial score (nSPS) is 11.2. The Labute approximate surface area is 157 Å². The van der Waals surface area contributed by atoms with Gasteiger partial charge in [-0.3, -0.25) is 19.4 Å². The van der Waals surface area contributed by atoms with Crippen LogP contribution in [0, 0.1) is 5.41 Å². The second-order valence-corrected chi connectivity index (χ2v) is 7.40. The van der Waals surface area contributed by atoms with E-state index in [0.29, 0.717) is 19.4 Å². The van der Waals surface area contributed by atoms with Gasteiger partial charge in [-0.25, -0.2) is 0 Å². The average Bonchev–Trinajstić information content (AvgIpc) is 2.64. The summed E-state index contributed by atoms with van der Waals surface area (Å²) in [6.07, 6.45) is 7.90. The molecule has 0 aliphatic carbocycles. The predicted molar refractivity (Wildman–Crippen MR) is 103 cm³/mol. The fourth-order valence-corrected chi connectivity index (χ4v) is 2.61. The number of Topliss-reactive ketones (excluding diaryl/α,β-unsaturated/α-hetero) is 2. The van der Waals surface area contributed by atoms with Gasteiger partial charge in [0.05, 0.1) is 6.54 Å². The zero-order valence-corrected chi connectivity index (χ0v) is 16.6. The number of aryl methyl sites for hydroxylation is 1. The zero-order valence-electron chi connectivity index (χ0n) is 16.6. The van der Waals surface area contributed by atoms with Crippen LogP contribution in [0.5, 0.6) is 0 Å². The molecule has 1 amide bonds. The van der Waals surface area contributed by atoms with E-state index in [0.717, 1.165) is 31.2 Å². The van der Waals surface area contributed by atoms with Gasteiger partial charge in [-0.15, -0.1) is 0 Å². The first-order valence-corrected chi connectivity index (χ1v) is 9.56. The Morgan fingerprint density at radius 2 is 1.88 bits per heavy atom. The van der Waals surface area contributed by atoms with Gasteiger partial charge in [0.2, 0.25) is 5.78 Å². The van der Waals surface area contributed by atoms with Crippen LogP contribution in [0.2, 0.25) is 0 Å². The van der Waals surface area contributed by atoms with Crippen LogP contribution in [0.3, 0.4) is 0 Å². The predicted octanol–water partition coefficient (Wildman–Crippen LogP) is 3.61. The lowest BCUT2D eigenvalue weighted by molar-refractivity contribution is -0.150. The molecule has 144 valence electrons. The molecule has 0 spiro atoms. The number of aromatic nitrogens is 1. The van der Waals surface area contributed by atoms with Crippen LogP contribution in [0.25, 0.3) is 0 Å². The molecule has 0 fully saturated rings. The minimum absolute atomic E-state index is 0.0140. The summed E-state index contributed by atoms with van der Waals surface area (Å²) in [5.74, 6) is -0.916. The minimum Gasteiger partial charge on any atom is -0.329 e. The van der Waals surface area contributed by atoms with Gasteiger partial charge in [-0.2, -0.15) is 0 Å². The number of rotatable bonds is 12. The van der Waals surface area contributed by atoms with Crippen LogP contribution in [-0.2, 0) is 20.8 Å². The number of carbonyl (C=O) groups is 3. The van der Waals surface area contributed by atoms with Gasteiger partial charge in [0.15, 0.2) is 5.78 Å². The smallest absolute Gasteiger partial charge is 0.290 e. The Bertz CT molecular complexity index is 597. The Morgan fingerprint density at radius 1 is 1.15 bits per heavy atom. The number of ketones is 2. The lowest BCUT2D eigenvalue weighted by Gasteiger charge is -2.26. The fraction of sp³-hybridized carbons (Fsp3) is 0.619. The fourth-order valence-electron chi connectivity index (χ4n) is 2.61. The summed E-state index contributed by atoms with van der Waals surface area (Å²) in [7, 11) is 0. The van der Waals surface area contributed by atoms with Crippen molar-refractivity contribution in [2.24, 2.45) is 5.41 Å². The number of amides is 1. The van der Waals surface area contributed by atoms with Crippen molar-refractivity contribution in [2.75, 3.05) is 13.1 Å². The van der Waals surface area contributed by atoms with Crippen LogP contribution in [0.15, 0.2) is 24.5 Å². The second-order valence-electron chi connectivity index (χ2n) is 7.40. The quantitative estimate of drug-likeness (QED) is 0.422. The Kier molecular flexibility index (Phi) is 9.17. The van der Waals surface area contributed by atoms with Crippen LogP contribution in [-0.4, -0.2) is 40.4 Å². The summed E-state index contributed by atoms with van der Waals surface area (Å²) in [4.78, 5) is 42.7. The van der Waals surface area contributed by atoms with Crippen molar-refractivity contribution in [3.8, 4) is 0 Å². The monoisotopic (exact) mass is 360 g/mol. The molecule has 0 unspecified atom stereocenters. The third kappa shape index (κ3) is 7.06. The average molecular weight is 360 g/mol. The largest absolute Gasteiger partial charge is 0.329 e. The third-order valence-corrected chi connectivity index (χ3v) is 4.73. The summed E-state index contributed by atoms with van der Waals surface area (Å²) >= 11 is 0. The highest BCUT2D eigenvalue weighted by atomic mass is 16.2. The molecule has 26 heavy (non-hydrogen) atoms. The molecule has 1 heterocycles. The van der Waals surface area contributed by atoms with E-state index in [1.807, 2.05) is 32.2 Å². The summed E-state index contributed by atoms with van der Waals surface area (Å²) < 4.78 is 0. The highest BCUT2D eigenvalue weighted by Crippen LogP contribution is 2.22. The second kappa shape index (κ2) is 10.8. The SMILES string of the molecule is CCCN(CC(=O)CCCCc1cccnc1)C(=O)C(=O)C(C)(C)CC. The van der Waals surface area contributed by atoms with Gasteiger partial charge < -0.3 is 4.90 Å². The molecule has 0 saturated heterocycles. The van der Waals surface area contributed by atoms with Gasteiger partial charge in [0.25, 0.3) is 5.91 Å². The van der Waals surface area contributed by atoms with Gasteiger partial charge in [0.1, 0.15) is 0 Å². The molecular formula is C21H32N2O3. The molecule has 0 bridgehead atoms. The molecule has 0 saturated carbocycles. The highest BCUT2D eigenvalue weighted by molar-refractivity contribution is 6.38. The maximum atomic E-state index is 12.5. The molecule has 1 aromatic rings. The minimum atomic E-state index is -0.685.